The summed E-state index contributed by atoms with van der Waals surface area (Å²) in [5.74, 6) is -0.435. The molecule has 1 aliphatic rings. The topological polar surface area (TPSA) is 66.4 Å². The fourth-order valence-electron chi connectivity index (χ4n) is 1.63. The maximum absolute atomic E-state index is 11.4. The first-order valence-electron chi connectivity index (χ1n) is 5.58. The Morgan fingerprint density at radius 1 is 1.44 bits per heavy atom. The van der Waals surface area contributed by atoms with Gasteiger partial charge in [0, 0.05) is 6.54 Å². The molecule has 0 heterocycles. The van der Waals surface area contributed by atoms with E-state index in [1.165, 1.54) is 0 Å². The van der Waals surface area contributed by atoms with E-state index < -0.39 is 11.4 Å². The smallest absolute Gasteiger partial charge is 0.311 e. The van der Waals surface area contributed by atoms with E-state index in [1.54, 1.807) is 11.8 Å². The van der Waals surface area contributed by atoms with Gasteiger partial charge in [-0.1, -0.05) is 20.3 Å². The molecule has 0 aliphatic heterocycles. The molecule has 1 fully saturated rings. The van der Waals surface area contributed by atoms with Crippen LogP contribution in [-0.4, -0.2) is 34.5 Å². The lowest BCUT2D eigenvalue weighted by Crippen LogP contribution is -2.48. The van der Waals surface area contributed by atoms with Crippen molar-refractivity contribution in [3.05, 3.63) is 0 Å². The SMILES string of the molecule is CC(C)SCC(=O)NCC1(C(=O)O)CCC1. The second-order valence-corrected chi connectivity index (χ2v) is 6.14. The van der Waals surface area contributed by atoms with Gasteiger partial charge in [0.1, 0.15) is 0 Å². The van der Waals surface area contributed by atoms with E-state index in [0.29, 0.717) is 23.8 Å². The van der Waals surface area contributed by atoms with Crippen molar-refractivity contribution in [1.82, 2.24) is 5.32 Å². The zero-order valence-corrected chi connectivity index (χ0v) is 10.6. The Morgan fingerprint density at radius 2 is 2.06 bits per heavy atom. The zero-order valence-electron chi connectivity index (χ0n) is 9.78. The Kier molecular flexibility index (Phi) is 4.65. The lowest BCUT2D eigenvalue weighted by atomic mass is 9.69. The molecule has 0 spiro atoms. The number of carbonyl (C=O) groups is 2. The minimum absolute atomic E-state index is 0.0637. The summed E-state index contributed by atoms with van der Waals surface area (Å²) in [5, 5.41) is 12.2. The predicted octanol–water partition coefficient (Wildman–Crippen LogP) is 1.50. The van der Waals surface area contributed by atoms with Gasteiger partial charge in [-0.25, -0.2) is 0 Å². The van der Waals surface area contributed by atoms with Crippen molar-refractivity contribution in [2.45, 2.75) is 38.4 Å². The van der Waals surface area contributed by atoms with Crippen LogP contribution in [0.4, 0.5) is 0 Å². The molecule has 0 unspecified atom stereocenters. The van der Waals surface area contributed by atoms with Crippen LogP contribution < -0.4 is 5.32 Å². The largest absolute Gasteiger partial charge is 0.481 e. The number of carbonyl (C=O) groups excluding carboxylic acids is 1. The summed E-state index contributed by atoms with van der Waals surface area (Å²) in [6.07, 6.45) is 2.31. The van der Waals surface area contributed by atoms with Gasteiger partial charge in [-0.2, -0.15) is 0 Å². The third-order valence-corrected chi connectivity index (χ3v) is 4.03. The highest BCUT2D eigenvalue weighted by molar-refractivity contribution is 8.00. The Morgan fingerprint density at radius 3 is 2.44 bits per heavy atom. The molecular formula is C11H19NO3S. The summed E-state index contributed by atoms with van der Waals surface area (Å²) < 4.78 is 0. The van der Waals surface area contributed by atoms with Gasteiger partial charge < -0.3 is 10.4 Å². The van der Waals surface area contributed by atoms with Crippen LogP contribution in [-0.2, 0) is 9.59 Å². The van der Waals surface area contributed by atoms with Crippen LogP contribution in [0.15, 0.2) is 0 Å². The van der Waals surface area contributed by atoms with Gasteiger partial charge in [0.25, 0.3) is 0 Å². The number of amides is 1. The van der Waals surface area contributed by atoms with Crippen LogP contribution in [0.25, 0.3) is 0 Å². The van der Waals surface area contributed by atoms with Gasteiger partial charge in [-0.15, -0.1) is 11.8 Å². The summed E-state index contributed by atoms with van der Waals surface area (Å²) in [4.78, 5) is 22.5. The lowest BCUT2D eigenvalue weighted by molar-refractivity contribution is -0.154. The summed E-state index contributed by atoms with van der Waals surface area (Å²) >= 11 is 1.56. The van der Waals surface area contributed by atoms with E-state index in [9.17, 15) is 9.59 Å². The highest BCUT2D eigenvalue weighted by Gasteiger charge is 2.44. The summed E-state index contributed by atoms with van der Waals surface area (Å²) in [6, 6.07) is 0. The van der Waals surface area contributed by atoms with Crippen molar-refractivity contribution in [3.63, 3.8) is 0 Å². The molecule has 1 rings (SSSR count). The molecule has 0 atom stereocenters. The van der Waals surface area contributed by atoms with E-state index in [4.69, 9.17) is 5.11 Å². The number of carboxylic acids is 1. The fourth-order valence-corrected chi connectivity index (χ4v) is 2.22. The number of rotatable bonds is 6. The molecule has 4 nitrogen and oxygen atoms in total. The highest BCUT2D eigenvalue weighted by Crippen LogP contribution is 2.40. The van der Waals surface area contributed by atoms with E-state index >= 15 is 0 Å². The van der Waals surface area contributed by atoms with Crippen molar-refractivity contribution in [1.29, 1.82) is 0 Å². The Labute approximate surface area is 100 Å². The van der Waals surface area contributed by atoms with Gasteiger partial charge in [-0.3, -0.25) is 9.59 Å². The van der Waals surface area contributed by atoms with Crippen molar-refractivity contribution in [2.75, 3.05) is 12.3 Å². The molecular weight excluding hydrogens is 226 g/mol. The average molecular weight is 245 g/mol. The van der Waals surface area contributed by atoms with Crippen LogP contribution in [0.5, 0.6) is 0 Å². The highest BCUT2D eigenvalue weighted by atomic mass is 32.2. The monoisotopic (exact) mass is 245 g/mol. The molecule has 0 radical (unpaired) electrons. The molecule has 1 saturated carbocycles. The third kappa shape index (κ3) is 3.40. The van der Waals surface area contributed by atoms with Crippen LogP contribution in [0.2, 0.25) is 0 Å². The molecule has 0 aromatic heterocycles. The first-order chi connectivity index (χ1) is 7.46. The summed E-state index contributed by atoms with van der Waals surface area (Å²) in [7, 11) is 0. The molecule has 0 bridgehead atoms. The molecule has 2 N–H and O–H groups in total. The Balaban J connectivity index is 2.28. The van der Waals surface area contributed by atoms with Crippen LogP contribution >= 0.6 is 11.8 Å². The molecule has 0 aromatic rings. The van der Waals surface area contributed by atoms with Gasteiger partial charge in [0.15, 0.2) is 0 Å². The second-order valence-electron chi connectivity index (χ2n) is 4.58. The Bertz CT molecular complexity index is 274. The number of hydrogen-bond acceptors (Lipinski definition) is 3. The quantitative estimate of drug-likeness (QED) is 0.744. The number of nitrogens with one attached hydrogen (secondary N) is 1. The van der Waals surface area contributed by atoms with Crippen LogP contribution in [0.3, 0.4) is 0 Å². The Hall–Kier alpha value is -0.710. The number of thioether (sulfide) groups is 1. The molecule has 1 amide bonds. The van der Waals surface area contributed by atoms with Crippen molar-refractivity contribution in [3.8, 4) is 0 Å². The van der Waals surface area contributed by atoms with Crippen molar-refractivity contribution in [2.24, 2.45) is 5.41 Å². The third-order valence-electron chi connectivity index (χ3n) is 2.94. The van der Waals surface area contributed by atoms with Gasteiger partial charge in [-0.05, 0) is 18.1 Å². The first kappa shape index (κ1) is 13.4. The predicted molar refractivity (Wildman–Crippen MR) is 64.5 cm³/mol. The van der Waals surface area contributed by atoms with E-state index in [2.05, 4.69) is 5.32 Å². The van der Waals surface area contributed by atoms with Crippen molar-refractivity contribution >= 4 is 23.6 Å². The molecule has 0 saturated heterocycles. The molecule has 92 valence electrons. The maximum atomic E-state index is 11.4. The molecule has 5 heteroatoms. The minimum atomic E-state index is -0.782. The maximum Gasteiger partial charge on any atom is 0.311 e. The molecule has 0 aromatic carbocycles. The molecule has 1 aliphatic carbocycles. The van der Waals surface area contributed by atoms with Crippen LogP contribution in [0.1, 0.15) is 33.1 Å². The average Bonchev–Trinajstić information content (AvgIpc) is 2.12. The van der Waals surface area contributed by atoms with E-state index in [-0.39, 0.29) is 12.5 Å². The minimum Gasteiger partial charge on any atom is -0.481 e. The second kappa shape index (κ2) is 5.57. The summed E-state index contributed by atoms with van der Waals surface area (Å²) in [6.45, 7) is 4.34. The first-order valence-corrected chi connectivity index (χ1v) is 6.63. The van der Waals surface area contributed by atoms with E-state index in [1.807, 2.05) is 13.8 Å². The zero-order chi connectivity index (χ0) is 12.2. The number of carboxylic acid groups (broad SMARTS) is 1. The van der Waals surface area contributed by atoms with E-state index in [0.717, 1.165) is 6.42 Å². The molecule has 16 heavy (non-hydrogen) atoms. The standard InChI is InChI=1S/C11H19NO3S/c1-8(2)16-6-9(13)12-7-11(10(14)15)4-3-5-11/h8H,3-7H2,1-2H3,(H,12,13)(H,14,15). The fraction of sp³-hybridized carbons (Fsp3) is 0.818. The normalized spacial score (nSPS) is 17.9. The van der Waals surface area contributed by atoms with Gasteiger partial charge >= 0.3 is 5.97 Å². The van der Waals surface area contributed by atoms with Crippen LogP contribution in [0, 0.1) is 5.41 Å². The van der Waals surface area contributed by atoms with Gasteiger partial charge in [0.05, 0.1) is 11.2 Å². The van der Waals surface area contributed by atoms with Gasteiger partial charge in [0.2, 0.25) is 5.91 Å². The number of hydrogen-bond donors (Lipinski definition) is 2. The van der Waals surface area contributed by atoms with Crippen molar-refractivity contribution < 1.29 is 14.7 Å². The summed E-state index contributed by atoms with van der Waals surface area (Å²) in [5.41, 5.74) is -0.682. The number of aliphatic carboxylic acids is 1. The lowest BCUT2D eigenvalue weighted by Gasteiger charge is -2.37.